The Morgan fingerprint density at radius 3 is 2.40 bits per heavy atom. The molecule has 3 heteroatoms. The van der Waals surface area contributed by atoms with Crippen molar-refractivity contribution in [1.29, 1.82) is 0 Å². The zero-order chi connectivity index (χ0) is 11.4. The van der Waals surface area contributed by atoms with Gasteiger partial charge in [-0.25, -0.2) is 8.78 Å². The minimum Gasteiger partial charge on any atom is -0.306 e. The predicted octanol–water partition coefficient (Wildman–Crippen LogP) is 3.19. The molecular weight excluding hydrogens is 196 g/mol. The number of rotatable bonds is 4. The van der Waals surface area contributed by atoms with Gasteiger partial charge in [-0.15, -0.1) is 0 Å². The van der Waals surface area contributed by atoms with Crippen LogP contribution in [0.1, 0.15) is 25.5 Å². The molecule has 1 N–H and O–H groups in total. The maximum atomic E-state index is 13.3. The fraction of sp³-hybridized carbons (Fsp3) is 0.333. The summed E-state index contributed by atoms with van der Waals surface area (Å²) in [5, 5.41) is 3.00. The van der Waals surface area contributed by atoms with Gasteiger partial charge in [0.25, 0.3) is 0 Å². The average Bonchev–Trinajstić information content (AvgIpc) is 2.14. The molecule has 1 rings (SSSR count). The summed E-state index contributed by atoms with van der Waals surface area (Å²) < 4.78 is 26.6. The molecule has 0 heterocycles. The fourth-order valence-electron chi connectivity index (χ4n) is 1.35. The van der Waals surface area contributed by atoms with Crippen molar-refractivity contribution in [2.24, 2.45) is 0 Å². The van der Waals surface area contributed by atoms with E-state index in [1.54, 1.807) is 6.92 Å². The topological polar surface area (TPSA) is 12.0 Å². The normalized spacial score (nSPS) is 12.5. The van der Waals surface area contributed by atoms with Gasteiger partial charge in [-0.3, -0.25) is 0 Å². The van der Waals surface area contributed by atoms with Crippen molar-refractivity contribution in [2.45, 2.75) is 19.9 Å². The molecule has 0 saturated heterocycles. The zero-order valence-electron chi connectivity index (χ0n) is 8.98. The van der Waals surface area contributed by atoms with Crippen LogP contribution in [0.25, 0.3) is 0 Å². The van der Waals surface area contributed by atoms with Crippen molar-refractivity contribution in [1.82, 2.24) is 5.32 Å². The molecule has 15 heavy (non-hydrogen) atoms. The first kappa shape index (κ1) is 11.9. The minimum atomic E-state index is -0.517. The molecule has 0 radical (unpaired) electrons. The molecule has 1 unspecified atom stereocenters. The van der Waals surface area contributed by atoms with E-state index in [1.807, 2.05) is 6.92 Å². The van der Waals surface area contributed by atoms with Crippen LogP contribution in [0.5, 0.6) is 0 Å². The molecular formula is C12H15F2N. The van der Waals surface area contributed by atoms with Gasteiger partial charge in [-0.1, -0.05) is 18.2 Å². The second kappa shape index (κ2) is 5.03. The van der Waals surface area contributed by atoms with Gasteiger partial charge in [0.1, 0.15) is 11.6 Å². The lowest BCUT2D eigenvalue weighted by molar-refractivity contribution is 0.499. The highest BCUT2D eigenvalue weighted by Crippen LogP contribution is 2.20. The molecule has 1 atom stereocenters. The van der Waals surface area contributed by atoms with Crippen LogP contribution in [0.2, 0.25) is 0 Å². The number of halogens is 2. The highest BCUT2D eigenvalue weighted by atomic mass is 19.1. The highest BCUT2D eigenvalue weighted by Gasteiger charge is 2.14. The molecule has 0 aliphatic heterocycles. The van der Waals surface area contributed by atoms with Crippen molar-refractivity contribution >= 4 is 0 Å². The SMILES string of the molecule is C=C(C)CNC(C)c1c(F)cccc1F. The van der Waals surface area contributed by atoms with Crippen LogP contribution in [0, 0.1) is 11.6 Å². The lowest BCUT2D eigenvalue weighted by Crippen LogP contribution is -2.22. The van der Waals surface area contributed by atoms with E-state index in [-0.39, 0.29) is 11.6 Å². The summed E-state index contributed by atoms with van der Waals surface area (Å²) >= 11 is 0. The summed E-state index contributed by atoms with van der Waals surface area (Å²) in [4.78, 5) is 0. The van der Waals surface area contributed by atoms with E-state index < -0.39 is 11.6 Å². The van der Waals surface area contributed by atoms with Gasteiger partial charge in [-0.05, 0) is 26.0 Å². The van der Waals surface area contributed by atoms with E-state index in [2.05, 4.69) is 11.9 Å². The Labute approximate surface area is 88.8 Å². The molecule has 0 bridgehead atoms. The van der Waals surface area contributed by atoms with Crippen LogP contribution in [-0.2, 0) is 0 Å². The van der Waals surface area contributed by atoms with Crippen LogP contribution < -0.4 is 5.32 Å². The van der Waals surface area contributed by atoms with Crippen LogP contribution >= 0.6 is 0 Å². The highest BCUT2D eigenvalue weighted by molar-refractivity contribution is 5.23. The fourth-order valence-corrected chi connectivity index (χ4v) is 1.35. The van der Waals surface area contributed by atoms with Crippen molar-refractivity contribution in [3.8, 4) is 0 Å². The molecule has 0 fully saturated rings. The average molecular weight is 211 g/mol. The maximum absolute atomic E-state index is 13.3. The van der Waals surface area contributed by atoms with E-state index in [0.29, 0.717) is 6.54 Å². The third kappa shape index (κ3) is 3.13. The Balaban J connectivity index is 2.81. The summed E-state index contributed by atoms with van der Waals surface area (Å²) in [6.45, 7) is 7.85. The van der Waals surface area contributed by atoms with E-state index in [9.17, 15) is 8.78 Å². The number of nitrogens with one attached hydrogen (secondary N) is 1. The van der Waals surface area contributed by atoms with Crippen molar-refractivity contribution < 1.29 is 8.78 Å². The lowest BCUT2D eigenvalue weighted by atomic mass is 10.1. The Morgan fingerprint density at radius 1 is 1.40 bits per heavy atom. The maximum Gasteiger partial charge on any atom is 0.130 e. The van der Waals surface area contributed by atoms with E-state index in [1.165, 1.54) is 18.2 Å². The Hall–Kier alpha value is -1.22. The molecule has 0 amide bonds. The Bertz CT molecular complexity index is 340. The summed E-state index contributed by atoms with van der Waals surface area (Å²) in [5.74, 6) is -1.03. The molecule has 1 nitrogen and oxygen atoms in total. The van der Waals surface area contributed by atoms with Gasteiger partial charge >= 0.3 is 0 Å². The lowest BCUT2D eigenvalue weighted by Gasteiger charge is -2.15. The summed E-state index contributed by atoms with van der Waals surface area (Å²) in [6.07, 6.45) is 0. The van der Waals surface area contributed by atoms with Crippen LogP contribution in [0.3, 0.4) is 0 Å². The second-order valence-corrected chi connectivity index (χ2v) is 3.70. The van der Waals surface area contributed by atoms with E-state index in [0.717, 1.165) is 5.57 Å². The van der Waals surface area contributed by atoms with Gasteiger partial charge < -0.3 is 5.32 Å². The largest absolute Gasteiger partial charge is 0.306 e. The van der Waals surface area contributed by atoms with Gasteiger partial charge in [0.05, 0.1) is 0 Å². The monoisotopic (exact) mass is 211 g/mol. The first-order chi connectivity index (χ1) is 7.02. The number of hydrogen-bond donors (Lipinski definition) is 1. The number of hydrogen-bond acceptors (Lipinski definition) is 1. The molecule has 0 spiro atoms. The van der Waals surface area contributed by atoms with Crippen LogP contribution in [-0.4, -0.2) is 6.54 Å². The summed E-state index contributed by atoms with van der Waals surface area (Å²) in [7, 11) is 0. The van der Waals surface area contributed by atoms with Gasteiger partial charge in [0.15, 0.2) is 0 Å². The molecule has 0 aliphatic carbocycles. The third-order valence-corrected chi connectivity index (χ3v) is 2.14. The predicted molar refractivity (Wildman–Crippen MR) is 57.6 cm³/mol. The van der Waals surface area contributed by atoms with E-state index >= 15 is 0 Å². The van der Waals surface area contributed by atoms with Crippen molar-refractivity contribution in [3.05, 3.63) is 47.5 Å². The van der Waals surface area contributed by atoms with Gasteiger partial charge in [0, 0.05) is 18.2 Å². The minimum absolute atomic E-state index is 0.0822. The summed E-state index contributed by atoms with van der Waals surface area (Å²) in [5.41, 5.74) is 1.01. The first-order valence-electron chi connectivity index (χ1n) is 4.84. The first-order valence-corrected chi connectivity index (χ1v) is 4.84. The third-order valence-electron chi connectivity index (χ3n) is 2.14. The standard InChI is InChI=1S/C12H15F2N/c1-8(2)7-15-9(3)12-10(13)5-4-6-11(12)14/h4-6,9,15H,1,7H2,2-3H3. The molecule has 0 aliphatic rings. The smallest absolute Gasteiger partial charge is 0.130 e. The van der Waals surface area contributed by atoms with Gasteiger partial charge in [-0.2, -0.15) is 0 Å². The Kier molecular flexibility index (Phi) is 3.97. The van der Waals surface area contributed by atoms with Crippen LogP contribution in [0.4, 0.5) is 8.78 Å². The van der Waals surface area contributed by atoms with E-state index in [4.69, 9.17) is 0 Å². The van der Waals surface area contributed by atoms with Crippen molar-refractivity contribution in [2.75, 3.05) is 6.54 Å². The second-order valence-electron chi connectivity index (χ2n) is 3.70. The van der Waals surface area contributed by atoms with Gasteiger partial charge in [0.2, 0.25) is 0 Å². The van der Waals surface area contributed by atoms with Crippen LogP contribution in [0.15, 0.2) is 30.4 Å². The molecule has 82 valence electrons. The summed E-state index contributed by atoms with van der Waals surface area (Å²) in [6, 6.07) is 3.52. The number of benzene rings is 1. The zero-order valence-corrected chi connectivity index (χ0v) is 8.98. The quantitative estimate of drug-likeness (QED) is 0.754. The molecule has 1 aromatic carbocycles. The van der Waals surface area contributed by atoms with Crippen molar-refractivity contribution in [3.63, 3.8) is 0 Å². The molecule has 0 aromatic heterocycles. The Morgan fingerprint density at radius 2 is 1.93 bits per heavy atom. The molecule has 1 aromatic rings. The molecule has 0 saturated carbocycles.